The molecule has 0 saturated heterocycles. The fourth-order valence-corrected chi connectivity index (χ4v) is 1.61. The summed E-state index contributed by atoms with van der Waals surface area (Å²) in [4.78, 5) is 10.8. The summed E-state index contributed by atoms with van der Waals surface area (Å²) in [5.41, 5.74) is 6.06. The Morgan fingerprint density at radius 1 is 1.41 bits per heavy atom. The number of carbonyl (C=O) groups is 1. The normalized spacial score (nSPS) is 12.1. The van der Waals surface area contributed by atoms with Gasteiger partial charge < -0.3 is 20.3 Å². The molecule has 1 aromatic rings. The maximum atomic E-state index is 13.6. The minimum absolute atomic E-state index is 0.0636. The third kappa shape index (κ3) is 2.31. The highest BCUT2D eigenvalue weighted by Crippen LogP contribution is 2.37. The number of hydrogen-bond donors (Lipinski definition) is 2. The summed E-state index contributed by atoms with van der Waals surface area (Å²) in [6, 6.07) is -0.251. The summed E-state index contributed by atoms with van der Waals surface area (Å²) in [6.07, 6.45) is 0. The van der Waals surface area contributed by atoms with Crippen molar-refractivity contribution in [1.82, 2.24) is 0 Å². The molecule has 0 aromatic heterocycles. The van der Waals surface area contributed by atoms with Gasteiger partial charge in [-0.05, 0) is 18.6 Å². The SMILES string of the molecule is COc1c(F)cc(C(N)C(=O)O)c(C)c1OC. The maximum absolute atomic E-state index is 13.6. The molecule has 0 amide bonds. The van der Waals surface area contributed by atoms with Crippen molar-refractivity contribution in [2.75, 3.05) is 14.2 Å². The Bertz CT molecular complexity index is 448. The minimum atomic E-state index is -1.30. The largest absolute Gasteiger partial charge is 0.492 e. The first kappa shape index (κ1) is 13.2. The smallest absolute Gasteiger partial charge is 0.325 e. The number of ether oxygens (including phenoxy) is 2. The fourth-order valence-electron chi connectivity index (χ4n) is 1.61. The molecule has 0 aliphatic heterocycles. The van der Waals surface area contributed by atoms with Gasteiger partial charge in [-0.2, -0.15) is 0 Å². The van der Waals surface area contributed by atoms with Crippen LogP contribution in [0, 0.1) is 12.7 Å². The van der Waals surface area contributed by atoms with E-state index in [-0.39, 0.29) is 17.1 Å². The predicted octanol–water partition coefficient (Wildman–Crippen LogP) is 1.24. The van der Waals surface area contributed by atoms with Gasteiger partial charge in [-0.1, -0.05) is 0 Å². The van der Waals surface area contributed by atoms with E-state index >= 15 is 0 Å². The molecule has 1 rings (SSSR count). The average Bonchev–Trinajstić information content (AvgIpc) is 2.29. The van der Waals surface area contributed by atoms with Gasteiger partial charge in [-0.15, -0.1) is 0 Å². The van der Waals surface area contributed by atoms with Crippen LogP contribution >= 0.6 is 0 Å². The molecule has 1 atom stereocenters. The number of rotatable bonds is 4. The lowest BCUT2D eigenvalue weighted by Crippen LogP contribution is -2.22. The van der Waals surface area contributed by atoms with Gasteiger partial charge >= 0.3 is 5.97 Å². The molecular formula is C11H14FNO4. The van der Waals surface area contributed by atoms with Gasteiger partial charge in [0.15, 0.2) is 17.3 Å². The number of hydrogen-bond acceptors (Lipinski definition) is 4. The zero-order chi connectivity index (χ0) is 13.2. The second-order valence-corrected chi connectivity index (χ2v) is 3.46. The monoisotopic (exact) mass is 243 g/mol. The Labute approximate surface area is 97.9 Å². The topological polar surface area (TPSA) is 81.8 Å². The van der Waals surface area contributed by atoms with Crippen LogP contribution in [0.5, 0.6) is 11.5 Å². The Hall–Kier alpha value is -1.82. The second-order valence-electron chi connectivity index (χ2n) is 3.46. The lowest BCUT2D eigenvalue weighted by molar-refractivity contribution is -0.138. The molecule has 1 aromatic carbocycles. The molecule has 3 N–H and O–H groups in total. The van der Waals surface area contributed by atoms with Gasteiger partial charge in [-0.25, -0.2) is 4.39 Å². The minimum Gasteiger partial charge on any atom is -0.492 e. The van der Waals surface area contributed by atoms with Crippen LogP contribution in [0.25, 0.3) is 0 Å². The molecule has 0 spiro atoms. The summed E-state index contributed by atoms with van der Waals surface area (Å²) in [5, 5.41) is 8.82. The van der Waals surface area contributed by atoms with E-state index in [1.165, 1.54) is 14.2 Å². The van der Waals surface area contributed by atoms with Crippen molar-refractivity contribution in [2.45, 2.75) is 13.0 Å². The molecule has 1 unspecified atom stereocenters. The maximum Gasteiger partial charge on any atom is 0.325 e. The van der Waals surface area contributed by atoms with Crippen LogP contribution in [0.2, 0.25) is 0 Å². The highest BCUT2D eigenvalue weighted by Gasteiger charge is 2.23. The van der Waals surface area contributed by atoms with Crippen LogP contribution < -0.4 is 15.2 Å². The fraction of sp³-hybridized carbons (Fsp3) is 0.364. The van der Waals surface area contributed by atoms with Crippen molar-refractivity contribution in [1.29, 1.82) is 0 Å². The molecule has 94 valence electrons. The number of carboxylic acid groups (broad SMARTS) is 1. The van der Waals surface area contributed by atoms with Crippen LogP contribution in [0.3, 0.4) is 0 Å². The number of nitrogens with two attached hydrogens (primary N) is 1. The van der Waals surface area contributed by atoms with Crippen molar-refractivity contribution < 1.29 is 23.8 Å². The molecule has 0 aliphatic carbocycles. The standard InChI is InChI=1S/C11H14FNO4/c1-5-6(8(13)11(14)15)4-7(12)10(17-3)9(5)16-2/h4,8H,13H2,1-3H3,(H,14,15). The predicted molar refractivity (Wildman–Crippen MR) is 58.8 cm³/mol. The van der Waals surface area contributed by atoms with Gasteiger partial charge in [0.2, 0.25) is 0 Å². The van der Waals surface area contributed by atoms with Crippen LogP contribution in [-0.2, 0) is 4.79 Å². The number of benzene rings is 1. The van der Waals surface area contributed by atoms with Gasteiger partial charge in [-0.3, -0.25) is 4.79 Å². The zero-order valence-corrected chi connectivity index (χ0v) is 9.78. The van der Waals surface area contributed by atoms with E-state index in [0.29, 0.717) is 5.56 Å². The van der Waals surface area contributed by atoms with E-state index in [2.05, 4.69) is 0 Å². The molecule has 0 saturated carbocycles. The summed E-state index contributed by atoms with van der Waals surface area (Å²) < 4.78 is 23.5. The summed E-state index contributed by atoms with van der Waals surface area (Å²) in [5.74, 6) is -1.85. The zero-order valence-electron chi connectivity index (χ0n) is 9.78. The van der Waals surface area contributed by atoms with Crippen molar-refractivity contribution >= 4 is 5.97 Å². The van der Waals surface area contributed by atoms with E-state index in [1.54, 1.807) is 6.92 Å². The average molecular weight is 243 g/mol. The Morgan fingerprint density at radius 3 is 2.35 bits per heavy atom. The lowest BCUT2D eigenvalue weighted by atomic mass is 10.00. The van der Waals surface area contributed by atoms with E-state index in [4.69, 9.17) is 20.3 Å². The van der Waals surface area contributed by atoms with Gasteiger partial charge in [0.25, 0.3) is 0 Å². The first-order valence-corrected chi connectivity index (χ1v) is 4.83. The van der Waals surface area contributed by atoms with E-state index in [0.717, 1.165) is 6.07 Å². The number of halogens is 1. The van der Waals surface area contributed by atoms with Crippen LogP contribution in [0.1, 0.15) is 17.2 Å². The van der Waals surface area contributed by atoms with Gasteiger partial charge in [0.1, 0.15) is 6.04 Å². The molecule has 0 radical (unpaired) electrons. The van der Waals surface area contributed by atoms with Gasteiger partial charge in [0, 0.05) is 5.56 Å². The number of methoxy groups -OCH3 is 2. The van der Waals surface area contributed by atoms with Crippen LogP contribution in [0.15, 0.2) is 6.07 Å². The van der Waals surface area contributed by atoms with E-state index < -0.39 is 17.8 Å². The van der Waals surface area contributed by atoms with Crippen molar-refractivity contribution in [3.05, 3.63) is 23.0 Å². The van der Waals surface area contributed by atoms with E-state index in [9.17, 15) is 9.18 Å². The van der Waals surface area contributed by atoms with Crippen molar-refractivity contribution in [3.63, 3.8) is 0 Å². The third-order valence-electron chi connectivity index (χ3n) is 2.49. The highest BCUT2D eigenvalue weighted by atomic mass is 19.1. The molecule has 0 aliphatic rings. The lowest BCUT2D eigenvalue weighted by Gasteiger charge is -2.17. The summed E-state index contributed by atoms with van der Waals surface area (Å²) >= 11 is 0. The Morgan fingerprint density at radius 2 is 1.94 bits per heavy atom. The quantitative estimate of drug-likeness (QED) is 0.831. The Balaban J connectivity index is 3.45. The molecule has 0 bridgehead atoms. The molecular weight excluding hydrogens is 229 g/mol. The van der Waals surface area contributed by atoms with Gasteiger partial charge in [0.05, 0.1) is 14.2 Å². The van der Waals surface area contributed by atoms with Crippen molar-refractivity contribution in [2.24, 2.45) is 5.73 Å². The molecule has 0 heterocycles. The van der Waals surface area contributed by atoms with Crippen LogP contribution in [-0.4, -0.2) is 25.3 Å². The number of aliphatic carboxylic acids is 1. The summed E-state index contributed by atoms with van der Waals surface area (Å²) in [7, 11) is 2.65. The van der Waals surface area contributed by atoms with Crippen LogP contribution in [0.4, 0.5) is 4.39 Å². The first-order valence-electron chi connectivity index (χ1n) is 4.83. The van der Waals surface area contributed by atoms with Crippen molar-refractivity contribution in [3.8, 4) is 11.5 Å². The van der Waals surface area contributed by atoms with E-state index in [1.807, 2.05) is 0 Å². The number of carboxylic acids is 1. The molecule has 17 heavy (non-hydrogen) atoms. The summed E-state index contributed by atoms with van der Waals surface area (Å²) in [6.45, 7) is 1.60. The first-order chi connectivity index (χ1) is 7.93. The molecule has 0 fully saturated rings. The molecule has 6 heteroatoms. The molecule has 5 nitrogen and oxygen atoms in total. The second kappa shape index (κ2) is 5.01. The third-order valence-corrected chi connectivity index (χ3v) is 2.49. The highest BCUT2D eigenvalue weighted by molar-refractivity contribution is 5.76. The Kier molecular flexibility index (Phi) is 3.90.